The van der Waals surface area contributed by atoms with Gasteiger partial charge in [-0.05, 0) is 52.4 Å². The molecule has 0 amide bonds. The van der Waals surface area contributed by atoms with Gasteiger partial charge in [0.25, 0.3) is 0 Å². The van der Waals surface area contributed by atoms with E-state index < -0.39 is 7.32 Å². The maximum Gasteiger partial charge on any atom is 0.223 e. The molecule has 7 nitrogen and oxygen atoms in total. The third-order valence-corrected chi connectivity index (χ3v) is 10.0. The van der Waals surface area contributed by atoms with Crippen LogP contribution in [0.15, 0.2) is 237 Å². The summed E-state index contributed by atoms with van der Waals surface area (Å²) < 4.78 is 8.13. The van der Waals surface area contributed by atoms with Gasteiger partial charge in [0.1, 0.15) is 0 Å². The van der Waals surface area contributed by atoms with Crippen LogP contribution < -0.4 is 29.2 Å². The zero-order valence-electron chi connectivity index (χ0n) is 33.2. The largest absolute Gasteiger partial charge is 0.871 e. The first-order valence-electron chi connectivity index (χ1n) is 19.9. The highest BCUT2D eigenvalue weighted by atomic mass is 16.7. The van der Waals surface area contributed by atoms with Crippen molar-refractivity contribution in [2.45, 2.75) is 18.3 Å². The summed E-state index contributed by atoms with van der Waals surface area (Å²) in [6.45, 7) is 0.159. The maximum atomic E-state index is 10.7. The molecule has 8 heteroatoms. The quantitative estimate of drug-likeness (QED) is 0.0538. The highest BCUT2D eigenvalue weighted by molar-refractivity contribution is 6.28. The van der Waals surface area contributed by atoms with Gasteiger partial charge in [0, 0.05) is 56.5 Å². The summed E-state index contributed by atoms with van der Waals surface area (Å²) in [4.78, 5) is 11.6. The second kappa shape index (κ2) is 21.1. The van der Waals surface area contributed by atoms with Crippen molar-refractivity contribution in [1.29, 1.82) is 0 Å². The van der Waals surface area contributed by atoms with Gasteiger partial charge in [0.15, 0.2) is 0 Å². The van der Waals surface area contributed by atoms with Crippen LogP contribution >= 0.6 is 0 Å². The van der Waals surface area contributed by atoms with E-state index in [-0.39, 0.29) is 12.0 Å². The average molecular weight is 789 g/mol. The summed E-state index contributed by atoms with van der Waals surface area (Å²) in [7, 11) is -2.23. The van der Waals surface area contributed by atoms with Gasteiger partial charge in [-0.3, -0.25) is 0 Å². The van der Waals surface area contributed by atoms with Gasteiger partial charge in [-0.25, -0.2) is 9.68 Å². The highest BCUT2D eigenvalue weighted by Gasteiger charge is 2.35. The van der Waals surface area contributed by atoms with Gasteiger partial charge in [-0.1, -0.05) is 176 Å². The number of pyridine rings is 2. The molecule has 0 atom stereocenters. The first kappa shape index (κ1) is 41.1. The predicted molar refractivity (Wildman–Crippen MR) is 233 cm³/mol. The summed E-state index contributed by atoms with van der Waals surface area (Å²) in [5.41, 5.74) is 3.17. The lowest BCUT2D eigenvalue weighted by atomic mass is 9.67. The predicted octanol–water partition coefficient (Wildman–Crippen LogP) is 8.46. The molecule has 0 aliphatic heterocycles. The zero-order valence-corrected chi connectivity index (χ0v) is 33.2. The lowest BCUT2D eigenvalue weighted by molar-refractivity contribution is -0.874. The number of hydrogen-bond donors (Lipinski definition) is 0. The fraction of sp³-hybridized carbons (Fsp3) is 0.0769. The number of hydrogen-bond acceptors (Lipinski definition) is 5. The van der Waals surface area contributed by atoms with Gasteiger partial charge < -0.3 is 14.7 Å². The molecule has 9 aromatic rings. The number of aromatic nitrogens is 2. The molecule has 0 saturated carbocycles. The molecule has 0 spiro atoms. The fourth-order valence-electron chi connectivity index (χ4n) is 7.28. The zero-order chi connectivity index (χ0) is 41.2. The van der Waals surface area contributed by atoms with Crippen LogP contribution in [0, 0.1) is 0 Å². The minimum atomic E-state index is -2.23. The molecule has 7 aromatic carbocycles. The van der Waals surface area contributed by atoms with Gasteiger partial charge in [0.2, 0.25) is 36.3 Å². The van der Waals surface area contributed by atoms with E-state index in [1.165, 1.54) is 27.5 Å². The summed E-state index contributed by atoms with van der Waals surface area (Å²) in [6.07, 6.45) is 8.85. The van der Waals surface area contributed by atoms with Crippen LogP contribution in [0.5, 0.6) is 11.5 Å². The van der Waals surface area contributed by atoms with E-state index in [2.05, 4.69) is 72.8 Å². The average Bonchev–Trinajstić information content (AvgIpc) is 3.31. The van der Waals surface area contributed by atoms with Crippen molar-refractivity contribution in [3.63, 3.8) is 0 Å². The highest BCUT2D eigenvalue weighted by Crippen LogP contribution is 2.43. The molecule has 2 aromatic heterocycles. The first-order valence-corrected chi connectivity index (χ1v) is 19.9. The summed E-state index contributed by atoms with van der Waals surface area (Å²) in [5, 5.41) is 26.0. The van der Waals surface area contributed by atoms with E-state index in [9.17, 15) is 10.0 Å². The van der Waals surface area contributed by atoms with Crippen LogP contribution in [0.2, 0.25) is 0 Å². The Labute approximate surface area is 351 Å². The topological polar surface area (TPSA) is 81.6 Å². The van der Waals surface area contributed by atoms with Crippen LogP contribution in [0.25, 0.3) is 21.5 Å². The number of nitrogens with zero attached hydrogens (tertiary/aromatic N) is 2. The van der Waals surface area contributed by atoms with Crippen molar-refractivity contribution < 1.29 is 33.8 Å². The Morgan fingerprint density at radius 2 is 0.750 bits per heavy atom. The van der Waals surface area contributed by atoms with Gasteiger partial charge >= 0.3 is 0 Å². The van der Waals surface area contributed by atoms with Crippen molar-refractivity contribution in [1.82, 2.24) is 0 Å². The molecule has 9 rings (SSSR count). The van der Waals surface area contributed by atoms with Crippen LogP contribution in [-0.2, 0) is 10.1 Å². The fourth-order valence-corrected chi connectivity index (χ4v) is 7.28. The third kappa shape index (κ3) is 10.7. The molecule has 0 fully saturated rings. The standard InChI is InChI=1S/C22H21BO3.2C15H12NO/c24-23(25)26-18-10-17-22(19-11-4-1-5-12-19,20-13-6-2-7-14-20)21-15-8-3-9-16-21;2*1-4-11-16(12-5-1)17-15-10-6-8-13-7-2-3-9-14(13)15/h1-9,11-16H,10,17-18H2;2*1-12H/q-2;2*+1. The van der Waals surface area contributed by atoms with Gasteiger partial charge in [0.05, 0.1) is 7.32 Å². The van der Waals surface area contributed by atoms with Crippen LogP contribution in [0.4, 0.5) is 0 Å². The molecule has 0 aliphatic rings. The van der Waals surface area contributed by atoms with Crippen LogP contribution in [-0.4, -0.2) is 13.9 Å². The van der Waals surface area contributed by atoms with E-state index in [1.54, 1.807) is 9.46 Å². The monoisotopic (exact) mass is 788 g/mol. The molecular formula is C52H45BN2O5. The molecule has 0 aliphatic carbocycles. The van der Waals surface area contributed by atoms with Crippen LogP contribution in [0.1, 0.15) is 29.5 Å². The normalized spacial score (nSPS) is 10.8. The second-order valence-corrected chi connectivity index (χ2v) is 13.9. The number of benzene rings is 7. The summed E-state index contributed by atoms with van der Waals surface area (Å²) in [5.74, 6) is 1.72. The first-order chi connectivity index (χ1) is 29.6. The molecule has 0 radical (unpaired) electrons. The Balaban J connectivity index is 0.000000141. The second-order valence-electron chi connectivity index (χ2n) is 13.9. The Morgan fingerprint density at radius 1 is 0.400 bits per heavy atom. The minimum absolute atomic E-state index is 0.159. The molecular weight excluding hydrogens is 743 g/mol. The molecule has 60 heavy (non-hydrogen) atoms. The Hall–Kier alpha value is -7.10. The van der Waals surface area contributed by atoms with E-state index in [4.69, 9.17) is 14.3 Å². The van der Waals surface area contributed by atoms with Crippen molar-refractivity contribution >= 4 is 28.9 Å². The summed E-state index contributed by atoms with van der Waals surface area (Å²) in [6, 6.07) is 71.2. The van der Waals surface area contributed by atoms with Crippen LogP contribution in [0.3, 0.4) is 0 Å². The lowest BCUT2D eigenvalue weighted by Gasteiger charge is -2.37. The molecule has 0 bridgehead atoms. The van der Waals surface area contributed by atoms with Crippen molar-refractivity contribution in [2.24, 2.45) is 0 Å². The molecule has 0 N–H and O–H groups in total. The Bertz CT molecular complexity index is 2410. The van der Waals surface area contributed by atoms with Crippen molar-refractivity contribution in [2.75, 3.05) is 6.61 Å². The number of rotatable bonds is 12. The van der Waals surface area contributed by atoms with Crippen molar-refractivity contribution in [3.8, 4) is 11.5 Å². The third-order valence-electron chi connectivity index (χ3n) is 10.0. The lowest BCUT2D eigenvalue weighted by Crippen LogP contribution is -2.48. The smallest absolute Gasteiger partial charge is 0.223 e. The molecule has 0 unspecified atom stereocenters. The van der Waals surface area contributed by atoms with Gasteiger partial charge in [-0.2, -0.15) is 0 Å². The summed E-state index contributed by atoms with van der Waals surface area (Å²) >= 11 is 0. The molecule has 2 heterocycles. The van der Waals surface area contributed by atoms with E-state index in [0.29, 0.717) is 6.42 Å². The minimum Gasteiger partial charge on any atom is -0.871 e. The van der Waals surface area contributed by atoms with Crippen molar-refractivity contribution in [3.05, 3.63) is 254 Å². The Kier molecular flexibility index (Phi) is 14.4. The Morgan fingerprint density at radius 3 is 1.15 bits per heavy atom. The maximum absolute atomic E-state index is 10.7. The van der Waals surface area contributed by atoms with E-state index >= 15 is 0 Å². The van der Waals surface area contributed by atoms with E-state index in [1.807, 2.05) is 164 Å². The SMILES string of the molecule is [O-]B([O-])OCCCC(c1ccccc1)(c1ccccc1)c1ccccc1.c1cc[n+](Oc2cccc3ccccc23)cc1.c1cc[n+](Oc2cccc3ccccc23)cc1. The van der Waals surface area contributed by atoms with E-state index in [0.717, 1.165) is 28.7 Å². The van der Waals surface area contributed by atoms with Gasteiger partial charge in [-0.15, -0.1) is 0 Å². The number of fused-ring (bicyclic) bond motifs is 2. The molecule has 296 valence electrons. The molecule has 0 saturated heterocycles.